The number of benzene rings is 2. The SMILES string of the molecule is C=CCCOc1ccccc1Sc1c(C)cccc1C. The van der Waals surface area contributed by atoms with Gasteiger partial charge in [-0.2, -0.15) is 0 Å². The molecule has 0 bridgehead atoms. The number of hydrogen-bond acceptors (Lipinski definition) is 2. The first-order valence-corrected chi connectivity index (χ1v) is 7.61. The van der Waals surface area contributed by atoms with Gasteiger partial charge in [-0.25, -0.2) is 0 Å². The molecule has 0 saturated carbocycles. The summed E-state index contributed by atoms with van der Waals surface area (Å²) in [6.07, 6.45) is 2.74. The summed E-state index contributed by atoms with van der Waals surface area (Å²) < 4.78 is 5.84. The number of ether oxygens (including phenoxy) is 1. The van der Waals surface area contributed by atoms with E-state index in [0.717, 1.165) is 17.1 Å². The van der Waals surface area contributed by atoms with Crippen LogP contribution in [0.25, 0.3) is 0 Å². The predicted octanol–water partition coefficient (Wildman–Crippen LogP) is 5.41. The molecule has 0 unspecified atom stereocenters. The minimum atomic E-state index is 0.674. The van der Waals surface area contributed by atoms with Gasteiger partial charge in [0.05, 0.1) is 11.5 Å². The Labute approximate surface area is 125 Å². The van der Waals surface area contributed by atoms with Crippen LogP contribution in [-0.4, -0.2) is 6.61 Å². The van der Waals surface area contributed by atoms with Crippen LogP contribution in [0.3, 0.4) is 0 Å². The van der Waals surface area contributed by atoms with Gasteiger partial charge in [0.1, 0.15) is 5.75 Å². The van der Waals surface area contributed by atoms with Crippen LogP contribution in [0, 0.1) is 13.8 Å². The smallest absolute Gasteiger partial charge is 0.133 e. The third kappa shape index (κ3) is 3.67. The van der Waals surface area contributed by atoms with Crippen LogP contribution in [0.1, 0.15) is 17.5 Å². The highest BCUT2D eigenvalue weighted by Gasteiger charge is 2.08. The maximum absolute atomic E-state index is 5.84. The van der Waals surface area contributed by atoms with E-state index >= 15 is 0 Å². The summed E-state index contributed by atoms with van der Waals surface area (Å²) in [6, 6.07) is 14.6. The zero-order valence-electron chi connectivity index (χ0n) is 12.1. The second-order valence-corrected chi connectivity index (χ2v) is 5.75. The molecule has 0 saturated heterocycles. The van der Waals surface area contributed by atoms with E-state index in [1.54, 1.807) is 11.8 Å². The van der Waals surface area contributed by atoms with Gasteiger partial charge in [-0.1, -0.05) is 48.2 Å². The molecule has 20 heavy (non-hydrogen) atoms. The monoisotopic (exact) mass is 284 g/mol. The molecule has 0 aliphatic carbocycles. The predicted molar refractivity (Wildman–Crippen MR) is 86.8 cm³/mol. The Balaban J connectivity index is 2.22. The van der Waals surface area contributed by atoms with Crippen molar-refractivity contribution in [3.05, 3.63) is 66.2 Å². The summed E-state index contributed by atoms with van der Waals surface area (Å²) in [5, 5.41) is 0. The van der Waals surface area contributed by atoms with Crippen molar-refractivity contribution >= 4 is 11.8 Å². The number of aryl methyl sites for hydroxylation is 2. The van der Waals surface area contributed by atoms with Crippen LogP contribution in [0.15, 0.2) is 64.9 Å². The topological polar surface area (TPSA) is 9.23 Å². The van der Waals surface area contributed by atoms with Crippen molar-refractivity contribution in [3.8, 4) is 5.75 Å². The average Bonchev–Trinajstić information content (AvgIpc) is 2.45. The molecule has 2 aromatic rings. The maximum Gasteiger partial charge on any atom is 0.133 e. The Morgan fingerprint density at radius 1 is 1.05 bits per heavy atom. The summed E-state index contributed by atoms with van der Waals surface area (Å²) >= 11 is 1.77. The van der Waals surface area contributed by atoms with Gasteiger partial charge in [-0.15, -0.1) is 6.58 Å². The van der Waals surface area contributed by atoms with Gasteiger partial charge in [-0.05, 0) is 43.5 Å². The molecule has 0 aliphatic heterocycles. The zero-order valence-corrected chi connectivity index (χ0v) is 12.9. The van der Waals surface area contributed by atoms with Crippen LogP contribution < -0.4 is 4.74 Å². The number of rotatable bonds is 6. The van der Waals surface area contributed by atoms with Crippen molar-refractivity contribution in [1.29, 1.82) is 0 Å². The molecule has 0 N–H and O–H groups in total. The molecule has 2 heteroatoms. The van der Waals surface area contributed by atoms with Crippen molar-refractivity contribution < 1.29 is 4.74 Å². The highest BCUT2D eigenvalue weighted by atomic mass is 32.2. The van der Waals surface area contributed by atoms with Crippen molar-refractivity contribution in [2.45, 2.75) is 30.1 Å². The summed E-state index contributed by atoms with van der Waals surface area (Å²) in [5.41, 5.74) is 2.60. The van der Waals surface area contributed by atoms with Gasteiger partial charge in [0, 0.05) is 4.90 Å². The van der Waals surface area contributed by atoms with Crippen molar-refractivity contribution in [1.82, 2.24) is 0 Å². The van der Waals surface area contributed by atoms with Crippen LogP contribution in [0.2, 0.25) is 0 Å². The lowest BCUT2D eigenvalue weighted by atomic mass is 10.2. The Hall–Kier alpha value is -1.67. The van der Waals surface area contributed by atoms with Gasteiger partial charge in [0.2, 0.25) is 0 Å². The second kappa shape index (κ2) is 7.20. The fraction of sp³-hybridized carbons (Fsp3) is 0.222. The molecular formula is C18H20OS. The third-order valence-electron chi connectivity index (χ3n) is 3.05. The molecule has 104 valence electrons. The largest absolute Gasteiger partial charge is 0.492 e. The van der Waals surface area contributed by atoms with Crippen LogP contribution >= 0.6 is 11.8 Å². The Kier molecular flexibility index (Phi) is 5.31. The summed E-state index contributed by atoms with van der Waals surface area (Å²) in [4.78, 5) is 2.47. The first-order chi connectivity index (χ1) is 9.72. The molecule has 0 aromatic heterocycles. The van der Waals surface area contributed by atoms with E-state index < -0.39 is 0 Å². The maximum atomic E-state index is 5.84. The van der Waals surface area contributed by atoms with Crippen LogP contribution in [0.5, 0.6) is 5.75 Å². The molecule has 0 heterocycles. The van der Waals surface area contributed by atoms with Crippen LogP contribution in [0.4, 0.5) is 0 Å². The quantitative estimate of drug-likeness (QED) is 0.518. The average molecular weight is 284 g/mol. The Morgan fingerprint density at radius 2 is 1.75 bits per heavy atom. The van der Waals surface area contributed by atoms with E-state index in [4.69, 9.17) is 4.74 Å². The van der Waals surface area contributed by atoms with E-state index in [0.29, 0.717) is 6.61 Å². The first kappa shape index (κ1) is 14.7. The molecule has 0 aliphatic rings. The molecule has 0 radical (unpaired) electrons. The lowest BCUT2D eigenvalue weighted by molar-refractivity contribution is 0.317. The standard InChI is InChI=1S/C18H20OS/c1-4-5-13-19-16-11-6-7-12-17(16)20-18-14(2)9-8-10-15(18)3/h4,6-12H,1,5,13H2,2-3H3. The molecule has 0 fully saturated rings. The highest BCUT2D eigenvalue weighted by molar-refractivity contribution is 7.99. The summed E-state index contributed by atoms with van der Waals surface area (Å²) in [5.74, 6) is 0.946. The molecule has 2 rings (SSSR count). The number of para-hydroxylation sites is 1. The Bertz CT molecular complexity index is 569. The molecule has 1 nitrogen and oxygen atoms in total. The summed E-state index contributed by atoms with van der Waals surface area (Å²) in [7, 11) is 0. The van der Waals surface area contributed by atoms with Gasteiger partial charge < -0.3 is 4.74 Å². The van der Waals surface area contributed by atoms with Gasteiger partial charge in [-0.3, -0.25) is 0 Å². The van der Waals surface area contributed by atoms with E-state index in [2.05, 4.69) is 50.8 Å². The fourth-order valence-corrected chi connectivity index (χ4v) is 3.03. The summed E-state index contributed by atoms with van der Waals surface area (Å²) in [6.45, 7) is 8.69. The van der Waals surface area contributed by atoms with Gasteiger partial charge >= 0.3 is 0 Å². The van der Waals surface area contributed by atoms with E-state index in [9.17, 15) is 0 Å². The third-order valence-corrected chi connectivity index (χ3v) is 4.45. The first-order valence-electron chi connectivity index (χ1n) is 6.79. The lowest BCUT2D eigenvalue weighted by Crippen LogP contribution is -1.97. The van der Waals surface area contributed by atoms with Gasteiger partial charge in [0.15, 0.2) is 0 Å². The minimum Gasteiger partial charge on any atom is -0.492 e. The van der Waals surface area contributed by atoms with Crippen LogP contribution in [-0.2, 0) is 0 Å². The fourth-order valence-electron chi connectivity index (χ4n) is 1.98. The van der Waals surface area contributed by atoms with E-state index in [1.807, 2.05) is 18.2 Å². The Morgan fingerprint density at radius 3 is 2.45 bits per heavy atom. The lowest BCUT2D eigenvalue weighted by Gasteiger charge is -2.13. The van der Waals surface area contributed by atoms with E-state index in [-0.39, 0.29) is 0 Å². The van der Waals surface area contributed by atoms with Crippen molar-refractivity contribution in [2.75, 3.05) is 6.61 Å². The zero-order chi connectivity index (χ0) is 14.4. The molecule has 0 atom stereocenters. The normalized spacial score (nSPS) is 10.3. The number of hydrogen-bond donors (Lipinski definition) is 0. The minimum absolute atomic E-state index is 0.674. The molecule has 2 aromatic carbocycles. The second-order valence-electron chi connectivity index (χ2n) is 4.70. The molecule has 0 amide bonds. The molecule has 0 spiro atoms. The van der Waals surface area contributed by atoms with Crippen molar-refractivity contribution in [2.24, 2.45) is 0 Å². The highest BCUT2D eigenvalue weighted by Crippen LogP contribution is 2.38. The molecular weight excluding hydrogens is 264 g/mol. The van der Waals surface area contributed by atoms with Crippen molar-refractivity contribution in [3.63, 3.8) is 0 Å². The van der Waals surface area contributed by atoms with E-state index in [1.165, 1.54) is 16.0 Å². The van der Waals surface area contributed by atoms with Gasteiger partial charge in [0.25, 0.3) is 0 Å².